The summed E-state index contributed by atoms with van der Waals surface area (Å²) in [6.45, 7) is 8.24. The first kappa shape index (κ1) is 24.7. The number of aromatic nitrogens is 5. The average Bonchev–Trinajstić information content (AvgIpc) is 3.20. The van der Waals surface area contributed by atoms with Crippen LogP contribution in [0.15, 0.2) is 40.6 Å². The van der Waals surface area contributed by atoms with Crippen molar-refractivity contribution in [2.45, 2.75) is 75.5 Å². The van der Waals surface area contributed by atoms with Gasteiger partial charge < -0.3 is 5.32 Å². The summed E-state index contributed by atoms with van der Waals surface area (Å²) in [5.74, 6) is 2.30. The van der Waals surface area contributed by atoms with Gasteiger partial charge in [-0.2, -0.15) is 0 Å². The van der Waals surface area contributed by atoms with Crippen molar-refractivity contribution < 1.29 is 4.79 Å². The Morgan fingerprint density at radius 1 is 1.03 bits per heavy atom. The first-order chi connectivity index (χ1) is 16.4. The SMILES string of the molecule is Cc1ccc(-n2c(CSc3nc(C)cc(C)n3)nnc2SCC(=O)N[C@@H]2CCCC[C@@H]2C)cc1. The summed E-state index contributed by atoms with van der Waals surface area (Å²) < 4.78 is 2.04. The molecule has 1 amide bonds. The zero-order valence-corrected chi connectivity index (χ0v) is 21.9. The van der Waals surface area contributed by atoms with Gasteiger partial charge in [0.1, 0.15) is 5.82 Å². The molecule has 0 radical (unpaired) electrons. The highest BCUT2D eigenvalue weighted by Gasteiger charge is 2.23. The monoisotopic (exact) mass is 496 g/mol. The third-order valence-corrected chi connectivity index (χ3v) is 7.85. The fraction of sp³-hybridized carbons (Fsp3) is 0.480. The molecule has 0 saturated heterocycles. The Labute approximate surface area is 210 Å². The molecule has 1 aliphatic rings. The molecule has 9 heteroatoms. The fourth-order valence-electron chi connectivity index (χ4n) is 4.24. The van der Waals surface area contributed by atoms with Gasteiger partial charge in [0.05, 0.1) is 11.5 Å². The normalized spacial score (nSPS) is 18.1. The number of benzene rings is 1. The van der Waals surface area contributed by atoms with Crippen LogP contribution >= 0.6 is 23.5 Å². The van der Waals surface area contributed by atoms with E-state index in [-0.39, 0.29) is 11.9 Å². The lowest BCUT2D eigenvalue weighted by molar-refractivity contribution is -0.119. The number of carbonyl (C=O) groups is 1. The number of hydrogen-bond donors (Lipinski definition) is 1. The predicted octanol–water partition coefficient (Wildman–Crippen LogP) is 5.06. The molecule has 0 aliphatic heterocycles. The molecule has 3 aromatic rings. The summed E-state index contributed by atoms with van der Waals surface area (Å²) in [5.41, 5.74) is 4.07. The van der Waals surface area contributed by atoms with Gasteiger partial charge in [0, 0.05) is 23.1 Å². The highest BCUT2D eigenvalue weighted by atomic mass is 32.2. The summed E-state index contributed by atoms with van der Waals surface area (Å²) in [6, 6.07) is 10.5. The van der Waals surface area contributed by atoms with Crippen molar-refractivity contribution in [2.24, 2.45) is 5.92 Å². The number of rotatable bonds is 8. The van der Waals surface area contributed by atoms with Crippen molar-refractivity contribution in [2.75, 3.05) is 5.75 Å². The van der Waals surface area contributed by atoms with E-state index >= 15 is 0 Å². The van der Waals surface area contributed by atoms with Crippen LogP contribution in [-0.4, -0.2) is 42.4 Å². The van der Waals surface area contributed by atoms with Gasteiger partial charge >= 0.3 is 0 Å². The largest absolute Gasteiger partial charge is 0.352 e. The third-order valence-electron chi connectivity index (χ3n) is 6.07. The Morgan fingerprint density at radius 2 is 1.74 bits per heavy atom. The summed E-state index contributed by atoms with van der Waals surface area (Å²) in [6.07, 6.45) is 4.70. The Balaban J connectivity index is 1.49. The lowest BCUT2D eigenvalue weighted by atomic mass is 9.86. The lowest BCUT2D eigenvalue weighted by Crippen LogP contribution is -2.41. The van der Waals surface area contributed by atoms with E-state index in [0.29, 0.717) is 22.6 Å². The molecule has 7 nitrogen and oxygen atoms in total. The maximum Gasteiger partial charge on any atom is 0.230 e. The van der Waals surface area contributed by atoms with Crippen molar-refractivity contribution in [3.8, 4) is 5.69 Å². The van der Waals surface area contributed by atoms with Crippen molar-refractivity contribution in [1.29, 1.82) is 0 Å². The van der Waals surface area contributed by atoms with Crippen molar-refractivity contribution in [3.05, 3.63) is 53.1 Å². The second-order valence-corrected chi connectivity index (χ2v) is 10.9. The van der Waals surface area contributed by atoms with E-state index in [2.05, 4.69) is 63.6 Å². The van der Waals surface area contributed by atoms with E-state index in [9.17, 15) is 4.79 Å². The van der Waals surface area contributed by atoms with Crippen LogP contribution in [0.3, 0.4) is 0 Å². The first-order valence-corrected chi connectivity index (χ1v) is 13.7. The third kappa shape index (κ3) is 6.39. The van der Waals surface area contributed by atoms with Gasteiger partial charge in [0.2, 0.25) is 5.91 Å². The molecular weight excluding hydrogens is 464 g/mol. The zero-order valence-electron chi connectivity index (χ0n) is 20.2. The second-order valence-electron chi connectivity index (χ2n) is 9.02. The number of aryl methyl sites for hydroxylation is 3. The molecule has 2 aromatic heterocycles. The summed E-state index contributed by atoms with van der Waals surface area (Å²) >= 11 is 2.97. The van der Waals surface area contributed by atoms with Crippen LogP contribution in [0.4, 0.5) is 0 Å². The quantitative estimate of drug-likeness (QED) is 0.344. The Hall–Kier alpha value is -2.39. The van der Waals surface area contributed by atoms with E-state index in [1.54, 1.807) is 11.8 Å². The Morgan fingerprint density at radius 3 is 2.44 bits per heavy atom. The number of hydrogen-bond acceptors (Lipinski definition) is 7. The van der Waals surface area contributed by atoms with Gasteiger partial charge in [-0.1, -0.05) is 61.0 Å². The molecule has 34 heavy (non-hydrogen) atoms. The van der Waals surface area contributed by atoms with Gasteiger partial charge in [-0.05, 0) is 57.7 Å². The average molecular weight is 497 g/mol. The number of nitrogens with one attached hydrogen (secondary N) is 1. The Kier molecular flexibility index (Phi) is 8.26. The molecular formula is C25H32N6OS2. The molecule has 0 unspecified atom stereocenters. The van der Waals surface area contributed by atoms with E-state index < -0.39 is 0 Å². The lowest BCUT2D eigenvalue weighted by Gasteiger charge is -2.29. The van der Waals surface area contributed by atoms with Crippen LogP contribution in [0.25, 0.3) is 5.69 Å². The topological polar surface area (TPSA) is 85.6 Å². The van der Waals surface area contributed by atoms with Crippen LogP contribution in [0, 0.1) is 26.7 Å². The summed E-state index contributed by atoms with van der Waals surface area (Å²) in [4.78, 5) is 21.7. The van der Waals surface area contributed by atoms with Gasteiger partial charge in [0.25, 0.3) is 0 Å². The van der Waals surface area contributed by atoms with Crippen LogP contribution in [0.1, 0.15) is 55.4 Å². The first-order valence-electron chi connectivity index (χ1n) is 11.8. The number of amides is 1. The molecule has 1 aromatic carbocycles. The summed E-state index contributed by atoms with van der Waals surface area (Å²) in [7, 11) is 0. The standard InChI is InChI=1S/C25H32N6OS2/c1-16-9-11-20(12-10-16)31-22(14-33-24-26-18(3)13-19(4)27-24)29-30-25(31)34-15-23(32)28-21-8-6-5-7-17(21)2/h9-13,17,21H,5-8,14-15H2,1-4H3,(H,28,32)/t17-,21+/m0/s1. The molecule has 1 aliphatic carbocycles. The number of carbonyl (C=O) groups excluding carboxylic acids is 1. The molecule has 1 saturated carbocycles. The van der Waals surface area contributed by atoms with Crippen LogP contribution in [0.2, 0.25) is 0 Å². The molecule has 2 heterocycles. The summed E-state index contributed by atoms with van der Waals surface area (Å²) in [5, 5.41) is 13.6. The fourth-order valence-corrected chi connectivity index (χ4v) is 5.88. The maximum atomic E-state index is 12.7. The van der Waals surface area contributed by atoms with Crippen LogP contribution in [-0.2, 0) is 10.5 Å². The zero-order chi connectivity index (χ0) is 24.1. The van der Waals surface area contributed by atoms with Gasteiger partial charge in [0.15, 0.2) is 10.3 Å². The number of thioether (sulfide) groups is 2. The van der Waals surface area contributed by atoms with E-state index in [1.807, 2.05) is 24.5 Å². The second kappa shape index (κ2) is 11.4. The molecule has 1 N–H and O–H groups in total. The predicted molar refractivity (Wildman–Crippen MR) is 137 cm³/mol. The number of nitrogens with zero attached hydrogens (tertiary/aromatic N) is 5. The maximum absolute atomic E-state index is 12.7. The van der Waals surface area contributed by atoms with E-state index in [0.717, 1.165) is 34.5 Å². The van der Waals surface area contributed by atoms with Gasteiger partial charge in [-0.25, -0.2) is 9.97 Å². The van der Waals surface area contributed by atoms with Crippen molar-refractivity contribution >= 4 is 29.4 Å². The van der Waals surface area contributed by atoms with Crippen molar-refractivity contribution in [1.82, 2.24) is 30.0 Å². The van der Waals surface area contributed by atoms with Gasteiger partial charge in [-0.3, -0.25) is 9.36 Å². The van der Waals surface area contributed by atoms with Crippen LogP contribution in [0.5, 0.6) is 0 Å². The van der Waals surface area contributed by atoms with Crippen LogP contribution < -0.4 is 5.32 Å². The van der Waals surface area contributed by atoms with Gasteiger partial charge in [-0.15, -0.1) is 10.2 Å². The van der Waals surface area contributed by atoms with Crippen molar-refractivity contribution in [3.63, 3.8) is 0 Å². The molecule has 1 fully saturated rings. The van der Waals surface area contributed by atoms with E-state index in [1.165, 1.54) is 36.6 Å². The highest BCUT2D eigenvalue weighted by molar-refractivity contribution is 7.99. The smallest absolute Gasteiger partial charge is 0.230 e. The molecule has 0 spiro atoms. The molecule has 4 rings (SSSR count). The Bertz CT molecular complexity index is 1110. The molecule has 180 valence electrons. The van der Waals surface area contributed by atoms with E-state index in [4.69, 9.17) is 0 Å². The minimum absolute atomic E-state index is 0.0572. The minimum Gasteiger partial charge on any atom is -0.352 e. The highest BCUT2D eigenvalue weighted by Crippen LogP contribution is 2.27. The molecule has 2 atom stereocenters. The minimum atomic E-state index is 0.0572. The molecule has 0 bridgehead atoms.